The van der Waals surface area contributed by atoms with E-state index in [0.29, 0.717) is 16.6 Å². The summed E-state index contributed by atoms with van der Waals surface area (Å²) in [5.41, 5.74) is 5.32. The highest BCUT2D eigenvalue weighted by molar-refractivity contribution is 7.15. The first-order valence-electron chi connectivity index (χ1n) is 4.36. The lowest BCUT2D eigenvalue weighted by Crippen LogP contribution is -2.28. The second-order valence-electron chi connectivity index (χ2n) is 3.54. The van der Waals surface area contributed by atoms with Gasteiger partial charge in [0.1, 0.15) is 5.01 Å². The molecule has 1 aromatic heterocycles. The summed E-state index contributed by atoms with van der Waals surface area (Å²) >= 11 is 1.30. The molecule has 0 aliphatic carbocycles. The molecule has 3 N–H and O–H groups in total. The Labute approximate surface area is 86.7 Å². The van der Waals surface area contributed by atoms with E-state index in [2.05, 4.69) is 15.5 Å². The molecule has 0 fully saturated rings. The number of aromatic nitrogens is 2. The van der Waals surface area contributed by atoms with Gasteiger partial charge < -0.3 is 11.1 Å². The first-order valence-corrected chi connectivity index (χ1v) is 5.18. The summed E-state index contributed by atoms with van der Waals surface area (Å²) in [6, 6.07) is 0. The number of hydrogen-bond donors (Lipinski definition) is 2. The summed E-state index contributed by atoms with van der Waals surface area (Å²) in [7, 11) is 0. The Morgan fingerprint density at radius 1 is 1.57 bits per heavy atom. The van der Waals surface area contributed by atoms with Crippen molar-refractivity contribution in [3.8, 4) is 0 Å². The molecule has 1 amide bonds. The van der Waals surface area contributed by atoms with Crippen molar-refractivity contribution in [1.82, 2.24) is 10.2 Å². The van der Waals surface area contributed by atoms with Crippen molar-refractivity contribution in [3.63, 3.8) is 0 Å². The summed E-state index contributed by atoms with van der Waals surface area (Å²) < 4.78 is 0. The SMILES string of the molecule is CCC(=O)Nc1nnc(C(C)(C)N)s1. The zero-order valence-electron chi connectivity index (χ0n) is 8.50. The standard InChI is InChI=1S/C8H14N4OS/c1-4-5(13)10-7-12-11-6(14-7)8(2,3)9/h4,9H2,1-3H3,(H,10,12,13). The fourth-order valence-electron chi connectivity index (χ4n) is 0.742. The van der Waals surface area contributed by atoms with Crippen LogP contribution in [0.4, 0.5) is 5.13 Å². The van der Waals surface area contributed by atoms with E-state index in [-0.39, 0.29) is 5.91 Å². The Morgan fingerprint density at radius 2 is 2.21 bits per heavy atom. The average molecular weight is 214 g/mol. The Kier molecular flexibility index (Phi) is 3.17. The molecule has 14 heavy (non-hydrogen) atoms. The van der Waals surface area contributed by atoms with E-state index in [1.54, 1.807) is 6.92 Å². The summed E-state index contributed by atoms with van der Waals surface area (Å²) in [5.74, 6) is -0.0671. The summed E-state index contributed by atoms with van der Waals surface area (Å²) in [5, 5.41) is 11.6. The van der Waals surface area contributed by atoms with E-state index in [9.17, 15) is 4.79 Å². The van der Waals surface area contributed by atoms with Crippen LogP contribution in [0.3, 0.4) is 0 Å². The molecule has 0 bridgehead atoms. The Hall–Kier alpha value is -1.01. The topological polar surface area (TPSA) is 80.9 Å². The molecule has 78 valence electrons. The maximum absolute atomic E-state index is 11.0. The van der Waals surface area contributed by atoms with Gasteiger partial charge in [-0.05, 0) is 13.8 Å². The van der Waals surface area contributed by atoms with Gasteiger partial charge in [-0.3, -0.25) is 4.79 Å². The van der Waals surface area contributed by atoms with E-state index < -0.39 is 5.54 Å². The van der Waals surface area contributed by atoms with Crippen LogP contribution >= 0.6 is 11.3 Å². The Bertz CT molecular complexity index is 328. The third-order valence-electron chi connectivity index (χ3n) is 1.54. The van der Waals surface area contributed by atoms with Crippen LogP contribution in [0.15, 0.2) is 0 Å². The predicted octanol–water partition coefficient (Wildman–Crippen LogP) is 1.08. The third kappa shape index (κ3) is 2.74. The molecule has 0 aliphatic rings. The van der Waals surface area contributed by atoms with Crippen molar-refractivity contribution in [2.45, 2.75) is 32.7 Å². The zero-order chi connectivity index (χ0) is 10.8. The second-order valence-corrected chi connectivity index (χ2v) is 4.51. The van der Waals surface area contributed by atoms with Crippen LogP contribution < -0.4 is 11.1 Å². The lowest BCUT2D eigenvalue weighted by atomic mass is 10.1. The molecule has 1 heterocycles. The highest BCUT2D eigenvalue weighted by Gasteiger charge is 2.20. The molecule has 0 spiro atoms. The molecule has 0 radical (unpaired) electrons. The van der Waals surface area contributed by atoms with Crippen molar-refractivity contribution >= 4 is 22.4 Å². The number of nitrogens with one attached hydrogen (secondary N) is 1. The van der Waals surface area contributed by atoms with Crippen LogP contribution in [0.2, 0.25) is 0 Å². The van der Waals surface area contributed by atoms with Gasteiger partial charge in [-0.2, -0.15) is 0 Å². The molecule has 5 nitrogen and oxygen atoms in total. The first-order chi connectivity index (χ1) is 6.43. The minimum atomic E-state index is -0.507. The van der Waals surface area contributed by atoms with Gasteiger partial charge in [0.15, 0.2) is 0 Å². The van der Waals surface area contributed by atoms with Crippen LogP contribution in [-0.2, 0) is 10.3 Å². The predicted molar refractivity (Wildman–Crippen MR) is 56.0 cm³/mol. The fourth-order valence-corrected chi connectivity index (χ4v) is 1.52. The highest BCUT2D eigenvalue weighted by atomic mass is 32.1. The zero-order valence-corrected chi connectivity index (χ0v) is 9.31. The Balaban J connectivity index is 2.74. The first kappa shape index (κ1) is 11.1. The second kappa shape index (κ2) is 4.02. The van der Waals surface area contributed by atoms with Gasteiger partial charge in [-0.15, -0.1) is 10.2 Å². The number of carbonyl (C=O) groups is 1. The van der Waals surface area contributed by atoms with Crippen molar-refractivity contribution < 1.29 is 4.79 Å². The summed E-state index contributed by atoms with van der Waals surface area (Å²) in [6.07, 6.45) is 0.431. The molecular formula is C8H14N4OS. The number of anilines is 1. The molecule has 6 heteroatoms. The smallest absolute Gasteiger partial charge is 0.225 e. The number of rotatable bonds is 3. The van der Waals surface area contributed by atoms with Gasteiger partial charge in [0.2, 0.25) is 11.0 Å². The lowest BCUT2D eigenvalue weighted by Gasteiger charge is -2.12. The van der Waals surface area contributed by atoms with E-state index in [1.807, 2.05) is 13.8 Å². The van der Waals surface area contributed by atoms with Crippen molar-refractivity contribution in [2.75, 3.05) is 5.32 Å². The number of nitrogens with zero attached hydrogens (tertiary/aromatic N) is 2. The van der Waals surface area contributed by atoms with Crippen LogP contribution in [0.25, 0.3) is 0 Å². The van der Waals surface area contributed by atoms with E-state index in [1.165, 1.54) is 11.3 Å². The van der Waals surface area contributed by atoms with Gasteiger partial charge in [0.25, 0.3) is 0 Å². The Morgan fingerprint density at radius 3 is 2.64 bits per heavy atom. The molecule has 1 rings (SSSR count). The minimum absolute atomic E-state index is 0.0671. The van der Waals surface area contributed by atoms with Crippen LogP contribution in [0, 0.1) is 0 Å². The maximum atomic E-state index is 11.0. The average Bonchev–Trinajstić information content (AvgIpc) is 2.51. The van der Waals surface area contributed by atoms with Crippen molar-refractivity contribution in [1.29, 1.82) is 0 Å². The number of hydrogen-bond acceptors (Lipinski definition) is 5. The largest absolute Gasteiger partial charge is 0.320 e. The van der Waals surface area contributed by atoms with Crippen molar-refractivity contribution in [2.24, 2.45) is 5.73 Å². The number of carbonyl (C=O) groups excluding carboxylic acids is 1. The number of nitrogens with two attached hydrogens (primary N) is 1. The third-order valence-corrected chi connectivity index (χ3v) is 2.72. The van der Waals surface area contributed by atoms with Crippen molar-refractivity contribution in [3.05, 3.63) is 5.01 Å². The summed E-state index contributed by atoms with van der Waals surface area (Å²) in [6.45, 7) is 5.47. The van der Waals surface area contributed by atoms with Crippen LogP contribution in [0.5, 0.6) is 0 Å². The molecule has 0 unspecified atom stereocenters. The minimum Gasteiger partial charge on any atom is -0.320 e. The molecular weight excluding hydrogens is 200 g/mol. The monoisotopic (exact) mass is 214 g/mol. The molecule has 1 aromatic rings. The normalized spacial score (nSPS) is 11.4. The van der Waals surface area contributed by atoms with Gasteiger partial charge in [-0.25, -0.2) is 0 Å². The highest BCUT2D eigenvalue weighted by Crippen LogP contribution is 2.23. The lowest BCUT2D eigenvalue weighted by molar-refractivity contribution is -0.115. The molecule has 0 saturated heterocycles. The molecule has 0 saturated carbocycles. The van der Waals surface area contributed by atoms with Gasteiger partial charge in [0, 0.05) is 6.42 Å². The van der Waals surface area contributed by atoms with Crippen LogP contribution in [0.1, 0.15) is 32.2 Å². The molecule has 0 aliphatic heterocycles. The van der Waals surface area contributed by atoms with E-state index in [0.717, 1.165) is 0 Å². The van der Waals surface area contributed by atoms with Gasteiger partial charge >= 0.3 is 0 Å². The van der Waals surface area contributed by atoms with Gasteiger partial charge in [0.05, 0.1) is 5.54 Å². The summed E-state index contributed by atoms with van der Waals surface area (Å²) in [4.78, 5) is 11.0. The molecule has 0 aromatic carbocycles. The maximum Gasteiger partial charge on any atom is 0.225 e. The van der Waals surface area contributed by atoms with E-state index in [4.69, 9.17) is 5.73 Å². The quantitative estimate of drug-likeness (QED) is 0.789. The fraction of sp³-hybridized carbons (Fsp3) is 0.625. The number of amides is 1. The molecule has 0 atom stereocenters. The van der Waals surface area contributed by atoms with Crippen LogP contribution in [-0.4, -0.2) is 16.1 Å². The van der Waals surface area contributed by atoms with E-state index >= 15 is 0 Å². The van der Waals surface area contributed by atoms with Gasteiger partial charge in [-0.1, -0.05) is 18.3 Å².